The number of halogens is 2. The molecule has 122 valence electrons. The van der Waals surface area contributed by atoms with E-state index in [0.717, 1.165) is 25.9 Å². The van der Waals surface area contributed by atoms with Gasteiger partial charge in [0.1, 0.15) is 5.56 Å². The lowest BCUT2D eigenvalue weighted by Crippen LogP contribution is -2.45. The third-order valence-electron chi connectivity index (χ3n) is 3.76. The van der Waals surface area contributed by atoms with Crippen LogP contribution in [-0.4, -0.2) is 30.5 Å². The summed E-state index contributed by atoms with van der Waals surface area (Å²) in [6.07, 6.45) is 2.08. The molecule has 22 heavy (non-hydrogen) atoms. The Morgan fingerprint density at radius 1 is 1.55 bits per heavy atom. The lowest BCUT2D eigenvalue weighted by atomic mass is 9.83. The highest BCUT2D eigenvalue weighted by Crippen LogP contribution is 2.26. The van der Waals surface area contributed by atoms with Crippen LogP contribution in [0.15, 0.2) is 18.2 Å². The quantitative estimate of drug-likeness (QED) is 0.647. The van der Waals surface area contributed by atoms with Gasteiger partial charge in [-0.1, -0.05) is 18.5 Å². The summed E-state index contributed by atoms with van der Waals surface area (Å²) in [5, 5.41) is 17.3. The van der Waals surface area contributed by atoms with E-state index in [1.54, 1.807) is 0 Å². The van der Waals surface area contributed by atoms with Crippen molar-refractivity contribution in [3.05, 3.63) is 38.9 Å². The molecule has 1 aliphatic heterocycles. The minimum atomic E-state index is -0.593. The van der Waals surface area contributed by atoms with Gasteiger partial charge in [0.2, 0.25) is 0 Å². The van der Waals surface area contributed by atoms with Crippen molar-refractivity contribution in [2.45, 2.75) is 19.8 Å². The van der Waals surface area contributed by atoms with Crippen molar-refractivity contribution in [1.29, 1.82) is 0 Å². The van der Waals surface area contributed by atoms with Crippen LogP contribution in [-0.2, 0) is 0 Å². The number of nitrogens with zero attached hydrogens (tertiary/aromatic N) is 1. The Balaban J connectivity index is 0.00000242. The Morgan fingerprint density at radius 2 is 2.27 bits per heavy atom. The molecule has 0 saturated carbocycles. The maximum atomic E-state index is 12.2. The van der Waals surface area contributed by atoms with Gasteiger partial charge in [0, 0.05) is 24.2 Å². The van der Waals surface area contributed by atoms with Crippen LogP contribution in [0.25, 0.3) is 0 Å². The van der Waals surface area contributed by atoms with Gasteiger partial charge in [-0.3, -0.25) is 14.9 Å². The van der Waals surface area contributed by atoms with Crippen LogP contribution in [0, 0.1) is 15.5 Å². The van der Waals surface area contributed by atoms with E-state index < -0.39 is 10.8 Å². The molecule has 2 rings (SSSR count). The first-order valence-electron chi connectivity index (χ1n) is 6.84. The second-order valence-electron chi connectivity index (χ2n) is 5.69. The van der Waals surface area contributed by atoms with E-state index in [1.165, 1.54) is 18.2 Å². The van der Waals surface area contributed by atoms with Crippen LogP contribution in [0.5, 0.6) is 0 Å². The average Bonchev–Trinajstić information content (AvgIpc) is 2.45. The van der Waals surface area contributed by atoms with E-state index in [9.17, 15) is 14.9 Å². The van der Waals surface area contributed by atoms with E-state index in [-0.39, 0.29) is 34.1 Å². The highest BCUT2D eigenvalue weighted by Gasteiger charge is 2.28. The molecule has 1 aromatic rings. The number of carbonyl (C=O) groups excluding carboxylic acids is 1. The van der Waals surface area contributed by atoms with Crippen LogP contribution >= 0.6 is 24.0 Å². The lowest BCUT2D eigenvalue weighted by molar-refractivity contribution is -0.385. The lowest BCUT2D eigenvalue weighted by Gasteiger charge is -2.34. The molecule has 1 amide bonds. The van der Waals surface area contributed by atoms with E-state index in [2.05, 4.69) is 17.6 Å². The standard InChI is InChI=1S/C14H18ClN3O3.ClH/c1-14(5-2-6-16-8-14)9-17-13(19)11-4-3-10(15)7-12(11)18(20)21;/h3-4,7,16H,2,5-6,8-9H2,1H3,(H,17,19);1H. The van der Waals surface area contributed by atoms with Gasteiger partial charge in [0.15, 0.2) is 0 Å². The molecule has 1 unspecified atom stereocenters. The topological polar surface area (TPSA) is 84.3 Å². The fourth-order valence-corrected chi connectivity index (χ4v) is 2.67. The Morgan fingerprint density at radius 3 is 2.86 bits per heavy atom. The molecule has 1 saturated heterocycles. The highest BCUT2D eigenvalue weighted by atomic mass is 35.5. The van der Waals surface area contributed by atoms with Gasteiger partial charge in [0.25, 0.3) is 11.6 Å². The fourth-order valence-electron chi connectivity index (χ4n) is 2.51. The number of piperidine rings is 1. The molecule has 0 aliphatic carbocycles. The highest BCUT2D eigenvalue weighted by molar-refractivity contribution is 6.31. The van der Waals surface area contributed by atoms with Crippen LogP contribution in [0.4, 0.5) is 5.69 Å². The number of amides is 1. The zero-order valence-corrected chi connectivity index (χ0v) is 13.8. The molecule has 6 nitrogen and oxygen atoms in total. The van der Waals surface area contributed by atoms with E-state index in [4.69, 9.17) is 11.6 Å². The van der Waals surface area contributed by atoms with Crippen LogP contribution in [0.1, 0.15) is 30.1 Å². The van der Waals surface area contributed by atoms with Gasteiger partial charge in [0.05, 0.1) is 4.92 Å². The van der Waals surface area contributed by atoms with E-state index in [0.29, 0.717) is 6.54 Å². The molecular formula is C14H19Cl2N3O3. The van der Waals surface area contributed by atoms with Crippen LogP contribution in [0.2, 0.25) is 5.02 Å². The summed E-state index contributed by atoms with van der Waals surface area (Å²) in [5.74, 6) is -0.440. The summed E-state index contributed by atoms with van der Waals surface area (Å²) in [4.78, 5) is 22.6. The summed E-state index contributed by atoms with van der Waals surface area (Å²) < 4.78 is 0. The Labute approximate surface area is 140 Å². The zero-order valence-electron chi connectivity index (χ0n) is 12.2. The molecule has 2 N–H and O–H groups in total. The van der Waals surface area contributed by atoms with Crippen molar-refractivity contribution in [2.24, 2.45) is 5.41 Å². The van der Waals surface area contributed by atoms with E-state index in [1.807, 2.05) is 0 Å². The maximum Gasteiger partial charge on any atom is 0.283 e. The number of nitro benzene ring substituents is 1. The summed E-state index contributed by atoms with van der Waals surface area (Å²) >= 11 is 5.74. The molecule has 1 heterocycles. The van der Waals surface area contributed by atoms with Crippen molar-refractivity contribution >= 4 is 35.6 Å². The smallest absolute Gasteiger partial charge is 0.283 e. The molecule has 0 bridgehead atoms. The maximum absolute atomic E-state index is 12.2. The van der Waals surface area contributed by atoms with Crippen molar-refractivity contribution in [3.8, 4) is 0 Å². The second kappa shape index (κ2) is 7.76. The first-order chi connectivity index (χ1) is 9.91. The summed E-state index contributed by atoms with van der Waals surface area (Å²) in [7, 11) is 0. The van der Waals surface area contributed by atoms with Gasteiger partial charge in [-0.05, 0) is 36.9 Å². The number of hydrogen-bond donors (Lipinski definition) is 2. The van der Waals surface area contributed by atoms with Gasteiger partial charge < -0.3 is 10.6 Å². The normalized spacial score (nSPS) is 20.8. The molecule has 0 radical (unpaired) electrons. The Hall–Kier alpha value is -1.37. The van der Waals surface area contributed by atoms with Crippen LogP contribution in [0.3, 0.4) is 0 Å². The summed E-state index contributed by atoms with van der Waals surface area (Å²) in [6, 6.07) is 4.06. The van der Waals surface area contributed by atoms with Crippen molar-refractivity contribution in [2.75, 3.05) is 19.6 Å². The molecule has 1 fully saturated rings. The molecule has 1 aromatic carbocycles. The fraction of sp³-hybridized carbons (Fsp3) is 0.500. The molecule has 1 atom stereocenters. The minimum absolute atomic E-state index is 0. The predicted octanol–water partition coefficient (Wildman–Crippen LogP) is 2.79. The number of nitro groups is 1. The van der Waals surface area contributed by atoms with Gasteiger partial charge in [-0.2, -0.15) is 0 Å². The number of nitrogens with one attached hydrogen (secondary N) is 2. The van der Waals surface area contributed by atoms with Crippen molar-refractivity contribution in [3.63, 3.8) is 0 Å². The third kappa shape index (κ3) is 4.56. The minimum Gasteiger partial charge on any atom is -0.351 e. The number of benzene rings is 1. The van der Waals surface area contributed by atoms with Crippen molar-refractivity contribution in [1.82, 2.24) is 10.6 Å². The summed E-state index contributed by atoms with van der Waals surface area (Å²) in [5.41, 5.74) is -0.251. The van der Waals surface area contributed by atoms with Gasteiger partial charge >= 0.3 is 0 Å². The molecule has 0 spiro atoms. The first-order valence-corrected chi connectivity index (χ1v) is 7.22. The predicted molar refractivity (Wildman–Crippen MR) is 87.9 cm³/mol. The molecular weight excluding hydrogens is 329 g/mol. The molecule has 8 heteroatoms. The molecule has 0 aromatic heterocycles. The van der Waals surface area contributed by atoms with Crippen LogP contribution < -0.4 is 10.6 Å². The van der Waals surface area contributed by atoms with E-state index >= 15 is 0 Å². The molecule has 1 aliphatic rings. The SMILES string of the molecule is CC1(CNC(=O)c2ccc(Cl)cc2[N+](=O)[O-])CCCNC1.Cl. The van der Waals surface area contributed by atoms with Gasteiger partial charge in [-0.25, -0.2) is 0 Å². The Bertz CT molecular complexity index is 560. The Kier molecular flexibility index (Phi) is 6.59. The zero-order chi connectivity index (χ0) is 15.5. The first kappa shape index (κ1) is 18.7. The van der Waals surface area contributed by atoms with Gasteiger partial charge in [-0.15, -0.1) is 12.4 Å². The largest absolute Gasteiger partial charge is 0.351 e. The number of rotatable bonds is 4. The van der Waals surface area contributed by atoms with Crippen molar-refractivity contribution < 1.29 is 9.72 Å². The summed E-state index contributed by atoms with van der Waals surface area (Å²) in [6.45, 7) is 4.40. The second-order valence-corrected chi connectivity index (χ2v) is 6.13. The average molecular weight is 348 g/mol. The number of hydrogen-bond acceptors (Lipinski definition) is 4. The monoisotopic (exact) mass is 347 g/mol. The third-order valence-corrected chi connectivity index (χ3v) is 4.00. The number of carbonyl (C=O) groups is 1.